The first-order valence-corrected chi connectivity index (χ1v) is 8.92. The first-order chi connectivity index (χ1) is 11.1. The zero-order valence-electron chi connectivity index (χ0n) is 12.5. The number of carbonyl (C=O) groups is 1. The van der Waals surface area contributed by atoms with Gasteiger partial charge in [-0.1, -0.05) is 41.9 Å². The van der Waals surface area contributed by atoms with Crippen LogP contribution >= 0.6 is 23.4 Å². The summed E-state index contributed by atoms with van der Waals surface area (Å²) in [6, 6.07) is 11.8. The topological polar surface area (TPSA) is 53.2 Å². The van der Waals surface area contributed by atoms with Gasteiger partial charge in [0, 0.05) is 30.3 Å². The number of nitrogens with zero attached hydrogens (tertiary/aromatic N) is 1. The normalized spacial score (nSPS) is 18.5. The first-order valence-electron chi connectivity index (χ1n) is 7.49. The van der Waals surface area contributed by atoms with Gasteiger partial charge in [-0.25, -0.2) is 0 Å². The van der Waals surface area contributed by atoms with E-state index in [-0.39, 0.29) is 16.5 Å². The molecular formula is C17H17ClN2O2S. The second-order valence-corrected chi connectivity index (χ2v) is 7.13. The molecule has 1 aliphatic heterocycles. The van der Waals surface area contributed by atoms with Crippen LogP contribution in [0.25, 0.3) is 0 Å². The third-order valence-corrected chi connectivity index (χ3v) is 5.51. The largest absolute Gasteiger partial charge is 0.338 e. The number of nitrogens with one attached hydrogen (secondary N) is 1. The van der Waals surface area contributed by atoms with E-state index in [9.17, 15) is 9.59 Å². The number of benzene rings is 1. The number of aromatic nitrogens is 1. The number of hydrogen-bond acceptors (Lipinski definition) is 3. The van der Waals surface area contributed by atoms with Gasteiger partial charge in [-0.15, -0.1) is 0 Å². The summed E-state index contributed by atoms with van der Waals surface area (Å²) in [6.07, 6.45) is 2.35. The minimum atomic E-state index is -0.376. The number of thioether (sulfide) groups is 1. The Balaban J connectivity index is 1.71. The van der Waals surface area contributed by atoms with Crippen LogP contribution in [0.5, 0.6) is 0 Å². The van der Waals surface area contributed by atoms with E-state index in [1.165, 1.54) is 17.8 Å². The van der Waals surface area contributed by atoms with E-state index in [1.807, 2.05) is 34.9 Å². The number of pyridine rings is 1. The molecule has 0 aliphatic carbocycles. The van der Waals surface area contributed by atoms with E-state index < -0.39 is 0 Å². The van der Waals surface area contributed by atoms with Gasteiger partial charge in [0.1, 0.15) is 5.02 Å². The standard InChI is InChI=1S/C17H17ClN2O2S/c18-14-10-13(11-19-16(14)21)17(22)20-7-6-15(23-9-8-20)12-4-2-1-3-5-12/h1-5,10-11,15H,6-9H2,(H,19,21). The molecule has 1 fully saturated rings. The van der Waals surface area contributed by atoms with Gasteiger partial charge in [0.15, 0.2) is 0 Å². The van der Waals surface area contributed by atoms with E-state index in [0.29, 0.717) is 23.9 Å². The lowest BCUT2D eigenvalue weighted by molar-refractivity contribution is 0.0766. The number of aromatic amines is 1. The average molecular weight is 349 g/mol. The molecule has 1 saturated heterocycles. The van der Waals surface area contributed by atoms with Crippen LogP contribution in [0.1, 0.15) is 27.6 Å². The lowest BCUT2D eigenvalue weighted by atomic mass is 10.1. The van der Waals surface area contributed by atoms with Crippen molar-refractivity contribution in [2.75, 3.05) is 18.8 Å². The zero-order valence-corrected chi connectivity index (χ0v) is 14.1. The molecule has 0 spiro atoms. The van der Waals surface area contributed by atoms with E-state index in [0.717, 1.165) is 12.2 Å². The Kier molecular flexibility index (Phi) is 5.08. The van der Waals surface area contributed by atoms with Crippen molar-refractivity contribution in [3.05, 3.63) is 69.1 Å². The quantitative estimate of drug-likeness (QED) is 0.905. The number of H-pyrrole nitrogens is 1. The molecule has 6 heteroatoms. The van der Waals surface area contributed by atoms with Gasteiger partial charge >= 0.3 is 0 Å². The molecule has 120 valence electrons. The molecule has 1 atom stereocenters. The molecule has 1 aliphatic rings. The molecular weight excluding hydrogens is 332 g/mol. The molecule has 1 N–H and O–H groups in total. The Bertz CT molecular complexity index is 748. The average Bonchev–Trinajstić information content (AvgIpc) is 2.83. The summed E-state index contributed by atoms with van der Waals surface area (Å²) in [5.41, 5.74) is 1.36. The monoisotopic (exact) mass is 348 g/mol. The molecule has 2 heterocycles. The van der Waals surface area contributed by atoms with Gasteiger partial charge < -0.3 is 9.88 Å². The highest BCUT2D eigenvalue weighted by Gasteiger charge is 2.23. The fraction of sp³-hybridized carbons (Fsp3) is 0.294. The molecule has 4 nitrogen and oxygen atoms in total. The van der Waals surface area contributed by atoms with Crippen molar-refractivity contribution in [2.24, 2.45) is 0 Å². The Labute approximate surface area is 143 Å². The van der Waals surface area contributed by atoms with Crippen LogP contribution in [-0.4, -0.2) is 34.6 Å². The maximum absolute atomic E-state index is 12.6. The van der Waals surface area contributed by atoms with Gasteiger partial charge in [-0.05, 0) is 18.1 Å². The molecule has 23 heavy (non-hydrogen) atoms. The molecule has 1 aromatic carbocycles. The predicted molar refractivity (Wildman–Crippen MR) is 94.2 cm³/mol. The fourth-order valence-corrected chi connectivity index (χ4v) is 4.07. The van der Waals surface area contributed by atoms with Crippen LogP contribution in [0.15, 0.2) is 47.4 Å². The molecule has 1 amide bonds. The summed E-state index contributed by atoms with van der Waals surface area (Å²) in [4.78, 5) is 28.2. The number of hydrogen-bond donors (Lipinski definition) is 1. The highest BCUT2D eigenvalue weighted by Crippen LogP contribution is 2.34. The summed E-state index contributed by atoms with van der Waals surface area (Å²) < 4.78 is 0. The van der Waals surface area contributed by atoms with Crippen LogP contribution in [0, 0.1) is 0 Å². The Morgan fingerprint density at radius 1 is 1.26 bits per heavy atom. The van der Waals surface area contributed by atoms with Crippen LogP contribution < -0.4 is 5.56 Å². The smallest absolute Gasteiger partial charge is 0.266 e. The Morgan fingerprint density at radius 2 is 2.04 bits per heavy atom. The zero-order chi connectivity index (χ0) is 16.2. The highest BCUT2D eigenvalue weighted by atomic mass is 35.5. The lowest BCUT2D eigenvalue weighted by Crippen LogP contribution is -2.33. The Hall–Kier alpha value is -1.72. The summed E-state index contributed by atoms with van der Waals surface area (Å²) in [7, 11) is 0. The molecule has 1 aromatic heterocycles. The van der Waals surface area contributed by atoms with Crippen LogP contribution in [-0.2, 0) is 0 Å². The van der Waals surface area contributed by atoms with Crippen molar-refractivity contribution in [3.63, 3.8) is 0 Å². The van der Waals surface area contributed by atoms with E-state index in [2.05, 4.69) is 17.1 Å². The van der Waals surface area contributed by atoms with Gasteiger partial charge in [0.2, 0.25) is 0 Å². The summed E-state index contributed by atoms with van der Waals surface area (Å²) >= 11 is 7.69. The first kappa shape index (κ1) is 16.1. The van der Waals surface area contributed by atoms with Crippen LogP contribution in [0.3, 0.4) is 0 Å². The fourth-order valence-electron chi connectivity index (χ4n) is 2.67. The van der Waals surface area contributed by atoms with Crippen LogP contribution in [0.4, 0.5) is 0 Å². The van der Waals surface area contributed by atoms with Crippen LogP contribution in [0.2, 0.25) is 5.02 Å². The highest BCUT2D eigenvalue weighted by molar-refractivity contribution is 7.99. The second-order valence-electron chi connectivity index (χ2n) is 5.42. The predicted octanol–water partition coefficient (Wildman–Crippen LogP) is 3.35. The second kappa shape index (κ2) is 7.23. The summed E-state index contributed by atoms with van der Waals surface area (Å²) in [6.45, 7) is 1.39. The third-order valence-electron chi connectivity index (χ3n) is 3.90. The molecule has 2 aromatic rings. The molecule has 3 rings (SSSR count). The SMILES string of the molecule is O=C(c1c[nH]c(=O)c(Cl)c1)N1CCSC(c2ccccc2)CC1. The van der Waals surface area contributed by atoms with E-state index >= 15 is 0 Å². The maximum atomic E-state index is 12.6. The molecule has 0 radical (unpaired) electrons. The van der Waals surface area contributed by atoms with Crippen molar-refractivity contribution in [1.82, 2.24) is 9.88 Å². The number of carbonyl (C=O) groups excluding carboxylic acids is 1. The molecule has 0 saturated carbocycles. The van der Waals surface area contributed by atoms with Crippen molar-refractivity contribution in [1.29, 1.82) is 0 Å². The van der Waals surface area contributed by atoms with Crippen molar-refractivity contribution in [2.45, 2.75) is 11.7 Å². The van der Waals surface area contributed by atoms with Gasteiger partial charge in [-0.2, -0.15) is 11.8 Å². The summed E-state index contributed by atoms with van der Waals surface area (Å²) in [5.74, 6) is 0.806. The Morgan fingerprint density at radius 3 is 2.78 bits per heavy atom. The number of halogens is 1. The maximum Gasteiger partial charge on any atom is 0.266 e. The van der Waals surface area contributed by atoms with Gasteiger partial charge in [0.25, 0.3) is 11.5 Å². The minimum absolute atomic E-state index is 0.0437. The van der Waals surface area contributed by atoms with Crippen molar-refractivity contribution in [3.8, 4) is 0 Å². The van der Waals surface area contributed by atoms with Crippen molar-refractivity contribution >= 4 is 29.3 Å². The van der Waals surface area contributed by atoms with Gasteiger partial charge in [0.05, 0.1) is 5.56 Å². The van der Waals surface area contributed by atoms with E-state index in [4.69, 9.17) is 11.6 Å². The van der Waals surface area contributed by atoms with Crippen molar-refractivity contribution < 1.29 is 4.79 Å². The third kappa shape index (κ3) is 3.79. The number of rotatable bonds is 2. The lowest BCUT2D eigenvalue weighted by Gasteiger charge is -2.20. The number of amides is 1. The van der Waals surface area contributed by atoms with Gasteiger partial charge in [-0.3, -0.25) is 9.59 Å². The minimum Gasteiger partial charge on any atom is -0.338 e. The molecule has 1 unspecified atom stereocenters. The summed E-state index contributed by atoms with van der Waals surface area (Å²) in [5, 5.41) is 0.454. The van der Waals surface area contributed by atoms with E-state index in [1.54, 1.807) is 0 Å². The molecule has 0 bridgehead atoms.